The van der Waals surface area contributed by atoms with Gasteiger partial charge in [-0.1, -0.05) is 12.1 Å². The molecule has 0 amide bonds. The molecule has 4 rings (SSSR count). The molecule has 3 heterocycles. The van der Waals surface area contributed by atoms with E-state index in [-0.39, 0.29) is 5.82 Å². The SMILES string of the molecule is Cc1nnc2n1CC(CNc1nc3c(F)cccc3cc1Br)CC2. The fourth-order valence-electron chi connectivity index (χ4n) is 3.20. The summed E-state index contributed by atoms with van der Waals surface area (Å²) >= 11 is 3.53. The van der Waals surface area contributed by atoms with Crippen LogP contribution in [0.4, 0.5) is 10.2 Å². The van der Waals surface area contributed by atoms with Crippen LogP contribution in [0, 0.1) is 18.7 Å². The van der Waals surface area contributed by atoms with Gasteiger partial charge in [0.1, 0.15) is 28.8 Å². The minimum Gasteiger partial charge on any atom is -0.369 e. The molecule has 5 nitrogen and oxygen atoms in total. The van der Waals surface area contributed by atoms with E-state index >= 15 is 0 Å². The maximum Gasteiger partial charge on any atom is 0.149 e. The zero-order valence-corrected chi connectivity index (χ0v) is 14.8. The fourth-order valence-corrected chi connectivity index (χ4v) is 3.67. The average Bonchev–Trinajstić information content (AvgIpc) is 2.94. The molecule has 1 unspecified atom stereocenters. The highest BCUT2D eigenvalue weighted by molar-refractivity contribution is 9.10. The van der Waals surface area contributed by atoms with Crippen molar-refractivity contribution in [3.63, 3.8) is 0 Å². The van der Waals surface area contributed by atoms with E-state index in [1.54, 1.807) is 6.07 Å². The van der Waals surface area contributed by atoms with Crippen LogP contribution in [-0.4, -0.2) is 26.3 Å². The highest BCUT2D eigenvalue weighted by atomic mass is 79.9. The Morgan fingerprint density at radius 3 is 3.12 bits per heavy atom. The minimum absolute atomic E-state index is 0.300. The normalized spacial score (nSPS) is 17.0. The standard InChI is InChI=1S/C17H17BrFN5/c1-10-22-23-15-6-5-11(9-24(10)15)8-20-17-13(18)7-12-3-2-4-14(19)16(12)21-17/h2-4,7,11H,5-6,8-9H2,1H3,(H,20,21). The smallest absolute Gasteiger partial charge is 0.149 e. The van der Waals surface area contributed by atoms with Gasteiger partial charge in [0.25, 0.3) is 0 Å². The lowest BCUT2D eigenvalue weighted by atomic mass is 9.99. The number of aromatic nitrogens is 4. The van der Waals surface area contributed by atoms with E-state index in [4.69, 9.17) is 0 Å². The van der Waals surface area contributed by atoms with Crippen molar-refractivity contribution >= 4 is 32.7 Å². The van der Waals surface area contributed by atoms with Crippen LogP contribution in [0.3, 0.4) is 0 Å². The Morgan fingerprint density at radius 2 is 2.25 bits per heavy atom. The third kappa shape index (κ3) is 2.77. The summed E-state index contributed by atoms with van der Waals surface area (Å²) in [6, 6.07) is 6.89. The van der Waals surface area contributed by atoms with Crippen LogP contribution in [0.5, 0.6) is 0 Å². The third-order valence-electron chi connectivity index (χ3n) is 4.54. The molecule has 0 fully saturated rings. The number of pyridine rings is 1. The molecule has 7 heteroatoms. The van der Waals surface area contributed by atoms with Crippen LogP contribution in [-0.2, 0) is 13.0 Å². The lowest BCUT2D eigenvalue weighted by molar-refractivity contribution is 0.376. The zero-order valence-electron chi connectivity index (χ0n) is 13.3. The summed E-state index contributed by atoms with van der Waals surface area (Å²) in [7, 11) is 0. The Hall–Kier alpha value is -2.02. The molecule has 0 bridgehead atoms. The van der Waals surface area contributed by atoms with Gasteiger partial charge in [-0.15, -0.1) is 10.2 Å². The molecule has 0 radical (unpaired) electrons. The molecule has 2 aromatic heterocycles. The molecule has 1 N–H and O–H groups in total. The number of anilines is 1. The third-order valence-corrected chi connectivity index (χ3v) is 5.14. The first-order valence-electron chi connectivity index (χ1n) is 7.99. The van der Waals surface area contributed by atoms with E-state index in [0.717, 1.165) is 47.4 Å². The van der Waals surface area contributed by atoms with Gasteiger partial charge < -0.3 is 9.88 Å². The first kappa shape index (κ1) is 15.5. The van der Waals surface area contributed by atoms with E-state index in [9.17, 15) is 4.39 Å². The predicted molar refractivity (Wildman–Crippen MR) is 94.5 cm³/mol. The van der Waals surface area contributed by atoms with E-state index < -0.39 is 0 Å². The first-order valence-corrected chi connectivity index (χ1v) is 8.78. The van der Waals surface area contributed by atoms with E-state index in [2.05, 4.69) is 41.0 Å². The van der Waals surface area contributed by atoms with Gasteiger partial charge in [0.05, 0.1) is 4.47 Å². The van der Waals surface area contributed by atoms with Crippen molar-refractivity contribution in [3.8, 4) is 0 Å². The highest BCUT2D eigenvalue weighted by Gasteiger charge is 2.21. The van der Waals surface area contributed by atoms with Crippen LogP contribution in [0.15, 0.2) is 28.7 Å². The number of fused-ring (bicyclic) bond motifs is 2. The van der Waals surface area contributed by atoms with Gasteiger partial charge in [0, 0.05) is 24.9 Å². The van der Waals surface area contributed by atoms with Gasteiger partial charge in [-0.2, -0.15) is 0 Å². The number of nitrogens with one attached hydrogen (secondary N) is 1. The van der Waals surface area contributed by atoms with Crippen molar-refractivity contribution in [2.75, 3.05) is 11.9 Å². The van der Waals surface area contributed by atoms with E-state index in [0.29, 0.717) is 17.3 Å². The summed E-state index contributed by atoms with van der Waals surface area (Å²) in [6.07, 6.45) is 2.00. The largest absolute Gasteiger partial charge is 0.369 e. The topological polar surface area (TPSA) is 55.6 Å². The van der Waals surface area contributed by atoms with Crippen LogP contribution < -0.4 is 5.32 Å². The molecule has 0 aliphatic carbocycles. The molecule has 1 atom stereocenters. The minimum atomic E-state index is -0.300. The summed E-state index contributed by atoms with van der Waals surface area (Å²) in [5.74, 6) is 2.87. The number of para-hydroxylation sites is 1. The fraction of sp³-hybridized carbons (Fsp3) is 0.353. The van der Waals surface area contributed by atoms with Crippen molar-refractivity contribution in [3.05, 3.63) is 46.2 Å². The van der Waals surface area contributed by atoms with Crippen LogP contribution in [0.1, 0.15) is 18.1 Å². The maximum absolute atomic E-state index is 13.9. The number of halogens is 2. The molecule has 1 aliphatic heterocycles. The van der Waals surface area contributed by atoms with E-state index in [1.165, 1.54) is 6.07 Å². The first-order chi connectivity index (χ1) is 11.6. The lowest BCUT2D eigenvalue weighted by Gasteiger charge is -2.24. The van der Waals surface area contributed by atoms with Crippen molar-refractivity contribution in [1.82, 2.24) is 19.7 Å². The van der Waals surface area contributed by atoms with Crippen molar-refractivity contribution in [2.45, 2.75) is 26.3 Å². The van der Waals surface area contributed by atoms with E-state index in [1.807, 2.05) is 19.1 Å². The number of benzene rings is 1. The summed E-state index contributed by atoms with van der Waals surface area (Å²) < 4.78 is 17.0. The summed E-state index contributed by atoms with van der Waals surface area (Å²) in [6.45, 7) is 3.67. The van der Waals surface area contributed by atoms with Crippen molar-refractivity contribution < 1.29 is 4.39 Å². The van der Waals surface area contributed by atoms with Gasteiger partial charge in [-0.05, 0) is 47.3 Å². The predicted octanol–water partition coefficient (Wildman–Crippen LogP) is 3.71. The molecular weight excluding hydrogens is 373 g/mol. The summed E-state index contributed by atoms with van der Waals surface area (Å²) in [5.41, 5.74) is 0.392. The molecule has 124 valence electrons. The second-order valence-corrected chi connectivity index (χ2v) is 7.04. The van der Waals surface area contributed by atoms with Crippen LogP contribution in [0.2, 0.25) is 0 Å². The van der Waals surface area contributed by atoms with Crippen LogP contribution >= 0.6 is 15.9 Å². The van der Waals surface area contributed by atoms with Gasteiger partial charge in [0.2, 0.25) is 0 Å². The maximum atomic E-state index is 13.9. The average molecular weight is 390 g/mol. The second-order valence-electron chi connectivity index (χ2n) is 6.19. The molecule has 0 saturated heterocycles. The van der Waals surface area contributed by atoms with Crippen molar-refractivity contribution in [1.29, 1.82) is 0 Å². The summed E-state index contributed by atoms with van der Waals surface area (Å²) in [5, 5.41) is 12.5. The Kier molecular flexibility index (Phi) is 3.96. The lowest BCUT2D eigenvalue weighted by Crippen LogP contribution is -2.27. The number of aryl methyl sites for hydroxylation is 2. The molecule has 0 spiro atoms. The number of nitrogens with zero attached hydrogens (tertiary/aromatic N) is 4. The number of rotatable bonds is 3. The highest BCUT2D eigenvalue weighted by Crippen LogP contribution is 2.27. The zero-order chi connectivity index (χ0) is 16.7. The molecular formula is C17H17BrFN5. The Morgan fingerprint density at radius 1 is 1.38 bits per heavy atom. The Bertz CT molecular complexity index is 907. The van der Waals surface area contributed by atoms with Gasteiger partial charge in [-0.3, -0.25) is 0 Å². The van der Waals surface area contributed by atoms with Gasteiger partial charge in [-0.25, -0.2) is 9.37 Å². The monoisotopic (exact) mass is 389 g/mol. The number of hydrogen-bond donors (Lipinski definition) is 1. The quantitative estimate of drug-likeness (QED) is 0.741. The second kappa shape index (κ2) is 6.12. The van der Waals surface area contributed by atoms with Crippen molar-refractivity contribution in [2.24, 2.45) is 5.92 Å². The van der Waals surface area contributed by atoms with Gasteiger partial charge >= 0.3 is 0 Å². The molecule has 1 aliphatic rings. The number of hydrogen-bond acceptors (Lipinski definition) is 4. The molecule has 3 aromatic rings. The van der Waals surface area contributed by atoms with Gasteiger partial charge in [0.15, 0.2) is 0 Å². The van der Waals surface area contributed by atoms with Crippen LogP contribution in [0.25, 0.3) is 10.9 Å². The molecule has 24 heavy (non-hydrogen) atoms. The Balaban J connectivity index is 1.52. The Labute approximate surface area is 147 Å². The summed E-state index contributed by atoms with van der Waals surface area (Å²) in [4.78, 5) is 4.45. The molecule has 0 saturated carbocycles. The molecule has 1 aromatic carbocycles.